The molecule has 1 aliphatic heterocycles. The number of rotatable bonds is 4. The highest BCUT2D eigenvalue weighted by Gasteiger charge is 2.20. The second-order valence-corrected chi connectivity index (χ2v) is 5.40. The zero-order valence-electron chi connectivity index (χ0n) is 12.2. The van der Waals surface area contributed by atoms with Gasteiger partial charge in [0.05, 0.1) is 0 Å². The van der Waals surface area contributed by atoms with Gasteiger partial charge in [0.15, 0.2) is 11.3 Å². The molecule has 3 heterocycles. The average molecular weight is 295 g/mol. The van der Waals surface area contributed by atoms with Crippen LogP contribution in [0.1, 0.15) is 18.4 Å². The Morgan fingerprint density at radius 3 is 2.68 bits per heavy atom. The standard InChI is InChI=1S/C15H17N7/c1-2-6-11(7-3-1)10-16-15-17-13-12(19-21-20-13)14(18-15)22-8-4-5-9-22/h1-3,6-7H,4-5,8-10H2,(H2,16,17,18,19,20,21). The molecule has 2 N–H and O–H groups in total. The molecule has 7 nitrogen and oxygen atoms in total. The minimum Gasteiger partial charge on any atom is -0.355 e. The number of hydrogen-bond acceptors (Lipinski definition) is 6. The number of aromatic amines is 1. The van der Waals surface area contributed by atoms with Crippen LogP contribution >= 0.6 is 0 Å². The van der Waals surface area contributed by atoms with Crippen molar-refractivity contribution < 1.29 is 0 Å². The summed E-state index contributed by atoms with van der Waals surface area (Å²) >= 11 is 0. The van der Waals surface area contributed by atoms with Crippen LogP contribution in [0.3, 0.4) is 0 Å². The number of nitrogens with one attached hydrogen (secondary N) is 2. The van der Waals surface area contributed by atoms with E-state index in [0.29, 0.717) is 18.1 Å². The molecule has 1 aromatic carbocycles. The number of aromatic nitrogens is 5. The van der Waals surface area contributed by atoms with E-state index in [4.69, 9.17) is 0 Å². The second kappa shape index (κ2) is 5.59. The zero-order chi connectivity index (χ0) is 14.8. The molecule has 1 fully saturated rings. The van der Waals surface area contributed by atoms with Crippen molar-refractivity contribution in [2.45, 2.75) is 19.4 Å². The average Bonchev–Trinajstić information content (AvgIpc) is 3.24. The Kier molecular flexibility index (Phi) is 3.30. The van der Waals surface area contributed by atoms with Crippen molar-refractivity contribution in [3.63, 3.8) is 0 Å². The maximum Gasteiger partial charge on any atom is 0.227 e. The largest absolute Gasteiger partial charge is 0.355 e. The first-order valence-corrected chi connectivity index (χ1v) is 7.51. The summed E-state index contributed by atoms with van der Waals surface area (Å²) in [5, 5.41) is 14.2. The fourth-order valence-electron chi connectivity index (χ4n) is 2.74. The molecule has 0 bridgehead atoms. The Morgan fingerprint density at radius 1 is 1.05 bits per heavy atom. The number of anilines is 2. The maximum absolute atomic E-state index is 4.65. The van der Waals surface area contributed by atoms with Crippen molar-refractivity contribution in [3.05, 3.63) is 35.9 Å². The van der Waals surface area contributed by atoms with Crippen LogP contribution < -0.4 is 10.2 Å². The summed E-state index contributed by atoms with van der Waals surface area (Å²) in [6, 6.07) is 10.2. The van der Waals surface area contributed by atoms with Gasteiger partial charge in [-0.1, -0.05) is 30.3 Å². The number of fused-ring (bicyclic) bond motifs is 1. The van der Waals surface area contributed by atoms with Crippen LogP contribution in [-0.4, -0.2) is 38.5 Å². The van der Waals surface area contributed by atoms with Crippen molar-refractivity contribution in [2.24, 2.45) is 0 Å². The first-order chi connectivity index (χ1) is 10.9. The summed E-state index contributed by atoms with van der Waals surface area (Å²) in [6.07, 6.45) is 2.38. The molecule has 0 spiro atoms. The van der Waals surface area contributed by atoms with Crippen LogP contribution in [0.15, 0.2) is 30.3 Å². The Hall–Kier alpha value is -2.70. The van der Waals surface area contributed by atoms with Gasteiger partial charge in [-0.25, -0.2) is 0 Å². The molecule has 0 aliphatic carbocycles. The summed E-state index contributed by atoms with van der Waals surface area (Å²) < 4.78 is 0. The molecule has 0 unspecified atom stereocenters. The van der Waals surface area contributed by atoms with Crippen molar-refractivity contribution in [2.75, 3.05) is 23.3 Å². The van der Waals surface area contributed by atoms with E-state index in [0.717, 1.165) is 24.4 Å². The van der Waals surface area contributed by atoms with E-state index in [9.17, 15) is 0 Å². The van der Waals surface area contributed by atoms with Crippen molar-refractivity contribution >= 4 is 22.9 Å². The van der Waals surface area contributed by atoms with Gasteiger partial charge >= 0.3 is 0 Å². The van der Waals surface area contributed by atoms with Gasteiger partial charge in [-0.05, 0) is 18.4 Å². The van der Waals surface area contributed by atoms with Crippen molar-refractivity contribution in [1.29, 1.82) is 0 Å². The number of benzene rings is 1. The van der Waals surface area contributed by atoms with E-state index in [2.05, 4.69) is 47.7 Å². The zero-order valence-corrected chi connectivity index (χ0v) is 12.2. The highest BCUT2D eigenvalue weighted by Crippen LogP contribution is 2.25. The molecule has 1 saturated heterocycles. The van der Waals surface area contributed by atoms with Gasteiger partial charge < -0.3 is 10.2 Å². The molecule has 0 radical (unpaired) electrons. The lowest BCUT2D eigenvalue weighted by atomic mass is 10.2. The summed E-state index contributed by atoms with van der Waals surface area (Å²) in [7, 11) is 0. The smallest absolute Gasteiger partial charge is 0.227 e. The van der Waals surface area contributed by atoms with Crippen molar-refractivity contribution in [1.82, 2.24) is 25.4 Å². The Bertz CT molecular complexity index is 762. The highest BCUT2D eigenvalue weighted by atomic mass is 15.4. The van der Waals surface area contributed by atoms with E-state index < -0.39 is 0 Å². The molecule has 4 rings (SSSR count). The molecule has 2 aromatic heterocycles. The van der Waals surface area contributed by atoms with Crippen LogP contribution in [0, 0.1) is 0 Å². The molecule has 3 aromatic rings. The summed E-state index contributed by atoms with van der Waals surface area (Å²) in [4.78, 5) is 11.3. The normalized spacial score (nSPS) is 14.6. The van der Waals surface area contributed by atoms with E-state index in [1.54, 1.807) is 0 Å². The van der Waals surface area contributed by atoms with Crippen LogP contribution in [0.2, 0.25) is 0 Å². The molecule has 22 heavy (non-hydrogen) atoms. The monoisotopic (exact) mass is 295 g/mol. The number of hydrogen-bond donors (Lipinski definition) is 2. The first-order valence-electron chi connectivity index (χ1n) is 7.51. The number of H-pyrrole nitrogens is 1. The summed E-state index contributed by atoms with van der Waals surface area (Å²) in [5.41, 5.74) is 2.54. The van der Waals surface area contributed by atoms with Gasteiger partial charge in [0.2, 0.25) is 11.6 Å². The van der Waals surface area contributed by atoms with Gasteiger partial charge in [-0.2, -0.15) is 20.3 Å². The predicted octanol–water partition coefficient (Wildman–Crippen LogP) is 1.96. The van der Waals surface area contributed by atoms with Gasteiger partial charge in [0.25, 0.3) is 0 Å². The Balaban J connectivity index is 1.63. The lowest BCUT2D eigenvalue weighted by Gasteiger charge is -2.17. The molecule has 0 atom stereocenters. The SMILES string of the molecule is c1ccc(CNc2nc(N3CCCC3)c3n[nH]nc3n2)cc1. The molecule has 1 aliphatic rings. The summed E-state index contributed by atoms with van der Waals surface area (Å²) in [5.74, 6) is 1.46. The minimum atomic E-state index is 0.590. The molecule has 7 heteroatoms. The van der Waals surface area contributed by atoms with E-state index in [1.807, 2.05) is 18.2 Å². The van der Waals surface area contributed by atoms with Crippen LogP contribution in [-0.2, 0) is 6.54 Å². The van der Waals surface area contributed by atoms with Gasteiger partial charge in [0, 0.05) is 19.6 Å². The summed E-state index contributed by atoms with van der Waals surface area (Å²) in [6.45, 7) is 2.71. The van der Waals surface area contributed by atoms with E-state index in [-0.39, 0.29) is 0 Å². The van der Waals surface area contributed by atoms with E-state index in [1.165, 1.54) is 18.4 Å². The quantitative estimate of drug-likeness (QED) is 0.765. The van der Waals surface area contributed by atoms with Crippen LogP contribution in [0.4, 0.5) is 11.8 Å². The van der Waals surface area contributed by atoms with Crippen LogP contribution in [0.25, 0.3) is 11.2 Å². The molecular weight excluding hydrogens is 278 g/mol. The lowest BCUT2D eigenvalue weighted by Crippen LogP contribution is -2.20. The fraction of sp³-hybridized carbons (Fsp3) is 0.333. The highest BCUT2D eigenvalue weighted by molar-refractivity contribution is 5.83. The van der Waals surface area contributed by atoms with Crippen molar-refractivity contribution in [3.8, 4) is 0 Å². The van der Waals surface area contributed by atoms with Gasteiger partial charge in [0.1, 0.15) is 0 Å². The second-order valence-electron chi connectivity index (χ2n) is 5.40. The molecule has 0 amide bonds. The van der Waals surface area contributed by atoms with Gasteiger partial charge in [-0.3, -0.25) is 0 Å². The van der Waals surface area contributed by atoms with E-state index >= 15 is 0 Å². The van der Waals surface area contributed by atoms with Gasteiger partial charge in [-0.15, -0.1) is 5.10 Å². The molecule has 0 saturated carbocycles. The first kappa shape index (κ1) is 13.0. The fourth-order valence-corrected chi connectivity index (χ4v) is 2.74. The third-order valence-corrected chi connectivity index (χ3v) is 3.86. The minimum absolute atomic E-state index is 0.590. The Labute approximate surface area is 127 Å². The Morgan fingerprint density at radius 2 is 1.86 bits per heavy atom. The van der Waals surface area contributed by atoms with Crippen LogP contribution in [0.5, 0.6) is 0 Å². The topological polar surface area (TPSA) is 82.6 Å². The molecular formula is C15H17N7. The predicted molar refractivity (Wildman–Crippen MR) is 84.7 cm³/mol. The maximum atomic E-state index is 4.65. The number of nitrogens with zero attached hydrogens (tertiary/aromatic N) is 5. The third-order valence-electron chi connectivity index (χ3n) is 3.86. The molecule has 112 valence electrons. The lowest BCUT2D eigenvalue weighted by molar-refractivity contribution is 0.928. The third kappa shape index (κ3) is 2.45.